The average Bonchev–Trinajstić information content (AvgIpc) is 2.16. The molecule has 5 N–H and O–H groups in total. The Hall–Kier alpha value is -1.11. The summed E-state index contributed by atoms with van der Waals surface area (Å²) in [4.78, 5) is 10.5. The van der Waals surface area contributed by atoms with E-state index in [9.17, 15) is 9.90 Å². The zero-order chi connectivity index (χ0) is 10.7. The third-order valence-electron chi connectivity index (χ3n) is 1.70. The minimum atomic E-state index is -1.53. The second-order valence-corrected chi connectivity index (χ2v) is 3.48. The van der Waals surface area contributed by atoms with E-state index >= 15 is 0 Å². The Morgan fingerprint density at radius 3 is 2.64 bits per heavy atom. The SMILES string of the molecule is NNc1ccc(C(O)C(=O)O)c(Br)c1. The van der Waals surface area contributed by atoms with Crippen LogP contribution >= 0.6 is 15.9 Å². The Kier molecular flexibility index (Phi) is 3.45. The average molecular weight is 261 g/mol. The van der Waals surface area contributed by atoms with Gasteiger partial charge in [-0.25, -0.2) is 4.79 Å². The quantitative estimate of drug-likeness (QED) is 0.478. The minimum absolute atomic E-state index is 0.288. The van der Waals surface area contributed by atoms with Crippen molar-refractivity contribution in [2.75, 3.05) is 5.43 Å². The van der Waals surface area contributed by atoms with Crippen LogP contribution in [0.5, 0.6) is 0 Å². The zero-order valence-electron chi connectivity index (χ0n) is 7.07. The van der Waals surface area contributed by atoms with Crippen LogP contribution < -0.4 is 11.3 Å². The van der Waals surface area contributed by atoms with E-state index in [0.29, 0.717) is 10.2 Å². The number of carboxylic acid groups (broad SMARTS) is 1. The van der Waals surface area contributed by atoms with Crippen molar-refractivity contribution in [2.24, 2.45) is 5.84 Å². The highest BCUT2D eigenvalue weighted by molar-refractivity contribution is 9.10. The molecule has 0 aromatic heterocycles. The van der Waals surface area contributed by atoms with E-state index in [4.69, 9.17) is 10.9 Å². The first kappa shape index (κ1) is 11.0. The molecule has 0 spiro atoms. The number of nitrogens with two attached hydrogens (primary N) is 1. The molecule has 6 heteroatoms. The molecule has 0 saturated carbocycles. The van der Waals surface area contributed by atoms with Crippen LogP contribution in [0.15, 0.2) is 22.7 Å². The second kappa shape index (κ2) is 4.41. The van der Waals surface area contributed by atoms with Gasteiger partial charge in [0.2, 0.25) is 0 Å². The van der Waals surface area contributed by atoms with Crippen molar-refractivity contribution >= 4 is 27.6 Å². The number of aliphatic carboxylic acids is 1. The maximum absolute atomic E-state index is 10.5. The lowest BCUT2D eigenvalue weighted by atomic mass is 10.1. The van der Waals surface area contributed by atoms with Crippen molar-refractivity contribution in [1.82, 2.24) is 0 Å². The van der Waals surface area contributed by atoms with Gasteiger partial charge in [-0.3, -0.25) is 5.84 Å². The van der Waals surface area contributed by atoms with Crippen molar-refractivity contribution in [1.29, 1.82) is 0 Å². The van der Waals surface area contributed by atoms with Gasteiger partial charge in [-0.1, -0.05) is 22.0 Å². The van der Waals surface area contributed by atoms with Crippen molar-refractivity contribution < 1.29 is 15.0 Å². The zero-order valence-corrected chi connectivity index (χ0v) is 8.65. The summed E-state index contributed by atoms with van der Waals surface area (Å²) in [7, 11) is 0. The lowest BCUT2D eigenvalue weighted by molar-refractivity contribution is -0.147. The normalized spacial score (nSPS) is 12.2. The standard InChI is InChI=1S/C8H9BrN2O3/c9-6-3-4(11-10)1-2-5(6)7(12)8(13)14/h1-3,7,11-12H,10H2,(H,13,14). The van der Waals surface area contributed by atoms with E-state index < -0.39 is 12.1 Å². The number of hydrazine groups is 1. The fourth-order valence-corrected chi connectivity index (χ4v) is 1.57. The molecule has 0 radical (unpaired) electrons. The molecule has 1 atom stereocenters. The van der Waals surface area contributed by atoms with Gasteiger partial charge < -0.3 is 15.6 Å². The number of carbonyl (C=O) groups is 1. The first-order chi connectivity index (χ1) is 6.56. The molecule has 1 rings (SSSR count). The first-order valence-electron chi connectivity index (χ1n) is 3.73. The molecule has 0 aliphatic carbocycles. The molecule has 5 nitrogen and oxygen atoms in total. The lowest BCUT2D eigenvalue weighted by Gasteiger charge is -2.09. The van der Waals surface area contributed by atoms with Gasteiger partial charge in [0, 0.05) is 15.7 Å². The number of hydrogen-bond acceptors (Lipinski definition) is 4. The van der Waals surface area contributed by atoms with Crippen LogP contribution in [0, 0.1) is 0 Å². The van der Waals surface area contributed by atoms with Crippen LogP contribution in [0.4, 0.5) is 5.69 Å². The molecule has 0 bridgehead atoms. The van der Waals surface area contributed by atoms with Gasteiger partial charge in [-0.2, -0.15) is 0 Å². The number of benzene rings is 1. The fraction of sp³-hybridized carbons (Fsp3) is 0.125. The molecule has 0 saturated heterocycles. The fourth-order valence-electron chi connectivity index (χ4n) is 0.972. The maximum atomic E-state index is 10.5. The Labute approximate surface area is 88.6 Å². The number of hydrogen-bond donors (Lipinski definition) is 4. The number of carboxylic acids is 1. The largest absolute Gasteiger partial charge is 0.479 e. The molecule has 0 fully saturated rings. The molecule has 0 amide bonds. The van der Waals surface area contributed by atoms with Crippen molar-refractivity contribution in [3.8, 4) is 0 Å². The molecular weight excluding hydrogens is 252 g/mol. The van der Waals surface area contributed by atoms with Crippen LogP contribution in [0.1, 0.15) is 11.7 Å². The molecular formula is C8H9BrN2O3. The van der Waals surface area contributed by atoms with Gasteiger partial charge in [-0.05, 0) is 12.1 Å². The molecule has 0 aliphatic rings. The van der Waals surface area contributed by atoms with Crippen LogP contribution in [-0.2, 0) is 4.79 Å². The van der Waals surface area contributed by atoms with Crippen LogP contribution in [-0.4, -0.2) is 16.2 Å². The van der Waals surface area contributed by atoms with Crippen LogP contribution in [0.2, 0.25) is 0 Å². The molecule has 1 aromatic rings. The highest BCUT2D eigenvalue weighted by Crippen LogP contribution is 2.26. The predicted octanol–water partition coefficient (Wildman–Crippen LogP) is 0.853. The summed E-state index contributed by atoms with van der Waals surface area (Å²) in [5.41, 5.74) is 3.32. The first-order valence-corrected chi connectivity index (χ1v) is 4.52. The van der Waals surface area contributed by atoms with Gasteiger partial charge in [-0.15, -0.1) is 0 Å². The number of rotatable bonds is 3. The van der Waals surface area contributed by atoms with Gasteiger partial charge in [0.15, 0.2) is 6.10 Å². The van der Waals surface area contributed by atoms with Gasteiger partial charge in [0.05, 0.1) is 0 Å². The van der Waals surface area contributed by atoms with Crippen molar-refractivity contribution in [2.45, 2.75) is 6.10 Å². The van der Waals surface area contributed by atoms with E-state index in [-0.39, 0.29) is 5.56 Å². The highest BCUT2D eigenvalue weighted by Gasteiger charge is 2.18. The molecule has 1 aromatic carbocycles. The van der Waals surface area contributed by atoms with E-state index in [1.165, 1.54) is 6.07 Å². The smallest absolute Gasteiger partial charge is 0.337 e. The van der Waals surface area contributed by atoms with E-state index in [0.717, 1.165) is 0 Å². The summed E-state index contributed by atoms with van der Waals surface area (Å²) in [6.07, 6.45) is -1.53. The van der Waals surface area contributed by atoms with Gasteiger partial charge >= 0.3 is 5.97 Å². The van der Waals surface area contributed by atoms with Crippen molar-refractivity contribution in [3.63, 3.8) is 0 Å². The minimum Gasteiger partial charge on any atom is -0.479 e. The lowest BCUT2D eigenvalue weighted by Crippen LogP contribution is -2.12. The maximum Gasteiger partial charge on any atom is 0.337 e. The number of nitrogen functional groups attached to an aromatic ring is 1. The number of aliphatic hydroxyl groups is 1. The summed E-state index contributed by atoms with van der Waals surface area (Å²) in [5, 5.41) is 17.8. The van der Waals surface area contributed by atoms with Crippen LogP contribution in [0.3, 0.4) is 0 Å². The van der Waals surface area contributed by atoms with Gasteiger partial charge in [0.25, 0.3) is 0 Å². The highest BCUT2D eigenvalue weighted by atomic mass is 79.9. The molecule has 76 valence electrons. The molecule has 0 heterocycles. The monoisotopic (exact) mass is 260 g/mol. The Morgan fingerprint density at radius 2 is 2.21 bits per heavy atom. The number of nitrogens with one attached hydrogen (secondary N) is 1. The van der Waals surface area contributed by atoms with Gasteiger partial charge in [0.1, 0.15) is 0 Å². The van der Waals surface area contributed by atoms with Crippen molar-refractivity contribution in [3.05, 3.63) is 28.2 Å². The number of anilines is 1. The summed E-state index contributed by atoms with van der Waals surface area (Å²) < 4.78 is 0.489. The molecule has 1 unspecified atom stereocenters. The summed E-state index contributed by atoms with van der Waals surface area (Å²) in [6.45, 7) is 0. The van der Waals surface area contributed by atoms with E-state index in [1.54, 1.807) is 12.1 Å². The molecule has 0 aliphatic heterocycles. The summed E-state index contributed by atoms with van der Waals surface area (Å²) >= 11 is 3.14. The van der Waals surface area contributed by atoms with Crippen LogP contribution in [0.25, 0.3) is 0 Å². The summed E-state index contributed by atoms with van der Waals surface area (Å²) in [6, 6.07) is 4.64. The third-order valence-corrected chi connectivity index (χ3v) is 2.38. The second-order valence-electron chi connectivity index (χ2n) is 2.62. The third kappa shape index (κ3) is 2.22. The Balaban J connectivity index is 3.05. The number of halogens is 1. The predicted molar refractivity (Wildman–Crippen MR) is 54.5 cm³/mol. The summed E-state index contributed by atoms with van der Waals surface area (Å²) in [5.74, 6) is 3.86. The van der Waals surface area contributed by atoms with E-state index in [1.807, 2.05) is 0 Å². The Morgan fingerprint density at radius 1 is 1.57 bits per heavy atom. The van der Waals surface area contributed by atoms with E-state index in [2.05, 4.69) is 21.4 Å². The topological polar surface area (TPSA) is 95.6 Å². The number of aliphatic hydroxyl groups excluding tert-OH is 1. The molecule has 14 heavy (non-hydrogen) atoms. The Bertz CT molecular complexity index is 356.